The van der Waals surface area contributed by atoms with Gasteiger partial charge in [-0.1, -0.05) is 35.3 Å². The van der Waals surface area contributed by atoms with Crippen LogP contribution in [0.25, 0.3) is 0 Å². The second-order valence-electron chi connectivity index (χ2n) is 9.43. The highest BCUT2D eigenvalue weighted by molar-refractivity contribution is 6.39. The molecule has 1 aliphatic carbocycles. The number of rotatable bonds is 8. The van der Waals surface area contributed by atoms with Crippen LogP contribution >= 0.6 is 23.2 Å². The van der Waals surface area contributed by atoms with Crippen molar-refractivity contribution in [2.75, 3.05) is 6.54 Å². The molecular formula is C26H23Cl2F3N4O5. The van der Waals surface area contributed by atoms with Gasteiger partial charge in [0.05, 0.1) is 45.9 Å². The fraction of sp³-hybridized carbons (Fsp3) is 0.346. The molecule has 40 heavy (non-hydrogen) atoms. The molecule has 2 heterocycles. The number of pyridine rings is 1. The van der Waals surface area contributed by atoms with E-state index in [0.29, 0.717) is 5.56 Å². The Kier molecular flexibility index (Phi) is 8.69. The lowest BCUT2D eigenvalue weighted by Gasteiger charge is -2.28. The molecule has 1 amide bonds. The highest BCUT2D eigenvalue weighted by Gasteiger charge is 2.43. The minimum absolute atomic E-state index is 0.0944. The number of hydrogen-bond acceptors (Lipinski definition) is 6. The van der Waals surface area contributed by atoms with Crippen LogP contribution in [0.4, 0.5) is 13.2 Å². The summed E-state index contributed by atoms with van der Waals surface area (Å²) < 4.78 is 43.8. The predicted octanol–water partition coefficient (Wildman–Crippen LogP) is 5.65. The average Bonchev–Trinajstić information content (AvgIpc) is 3.34. The number of ketones is 1. The summed E-state index contributed by atoms with van der Waals surface area (Å²) in [6.45, 7) is -1.02. The number of aliphatic carboxylic acids is 1. The maximum Gasteiger partial charge on any atom is 0.433 e. The van der Waals surface area contributed by atoms with Gasteiger partial charge < -0.3 is 15.1 Å². The van der Waals surface area contributed by atoms with E-state index in [4.69, 9.17) is 23.2 Å². The molecule has 3 aromatic rings. The summed E-state index contributed by atoms with van der Waals surface area (Å²) in [5, 5.41) is 22.8. The molecule has 1 aromatic carbocycles. The van der Waals surface area contributed by atoms with E-state index < -0.39 is 53.6 Å². The largest absolute Gasteiger partial charge is 0.508 e. The van der Waals surface area contributed by atoms with Gasteiger partial charge in [0.1, 0.15) is 5.75 Å². The SMILES string of the molecule is O=C(CN(Cc1cccc(O)c1)C(=O)c1cnn(C2CCC(C(=O)O)CC2)c1C(F)(F)F)c1c(Cl)cncc1Cl. The van der Waals surface area contributed by atoms with Gasteiger partial charge in [0, 0.05) is 18.9 Å². The van der Waals surface area contributed by atoms with Gasteiger partial charge in [-0.3, -0.25) is 24.0 Å². The number of amides is 1. The molecule has 0 radical (unpaired) electrons. The lowest BCUT2D eigenvalue weighted by Crippen LogP contribution is -2.37. The number of carboxylic acids is 1. The first-order valence-electron chi connectivity index (χ1n) is 12.1. The Morgan fingerprint density at radius 1 is 1.05 bits per heavy atom. The van der Waals surface area contributed by atoms with Crippen LogP contribution in [0.3, 0.4) is 0 Å². The fourth-order valence-electron chi connectivity index (χ4n) is 4.82. The van der Waals surface area contributed by atoms with Crippen molar-refractivity contribution in [1.82, 2.24) is 19.7 Å². The Morgan fingerprint density at radius 2 is 1.70 bits per heavy atom. The monoisotopic (exact) mass is 598 g/mol. The van der Waals surface area contributed by atoms with Gasteiger partial charge in [-0.25, -0.2) is 0 Å². The normalized spacial score (nSPS) is 17.4. The zero-order chi connectivity index (χ0) is 29.2. The number of alkyl halides is 3. The number of benzene rings is 1. The first-order chi connectivity index (χ1) is 18.9. The van der Waals surface area contributed by atoms with E-state index >= 15 is 0 Å². The number of nitrogens with zero attached hydrogens (tertiary/aromatic N) is 4. The third-order valence-corrected chi connectivity index (χ3v) is 7.30. The molecule has 1 aliphatic rings. The predicted molar refractivity (Wildman–Crippen MR) is 137 cm³/mol. The number of hydrogen-bond donors (Lipinski definition) is 2. The fourth-order valence-corrected chi connectivity index (χ4v) is 5.40. The molecule has 0 aliphatic heterocycles. The van der Waals surface area contributed by atoms with E-state index in [-0.39, 0.29) is 53.6 Å². The standard InChI is InChI=1S/C26H23Cl2F3N4O5/c27-19-10-32-11-20(28)22(19)21(37)13-34(12-14-2-1-3-17(36)8-14)24(38)18-9-33-35(23(18)26(29,30)31)16-6-4-15(5-7-16)25(39)40/h1-3,8-11,15-16,36H,4-7,12-13H2,(H,39,40). The molecule has 0 saturated heterocycles. The van der Waals surface area contributed by atoms with Crippen molar-refractivity contribution >= 4 is 40.9 Å². The summed E-state index contributed by atoms with van der Waals surface area (Å²) in [6, 6.07) is 4.95. The first-order valence-corrected chi connectivity index (χ1v) is 12.9. The molecule has 1 fully saturated rings. The Morgan fingerprint density at radius 3 is 2.27 bits per heavy atom. The van der Waals surface area contributed by atoms with E-state index in [1.165, 1.54) is 36.7 Å². The molecule has 0 bridgehead atoms. The molecule has 0 atom stereocenters. The van der Waals surface area contributed by atoms with Crippen molar-refractivity contribution < 1.29 is 37.8 Å². The van der Waals surface area contributed by atoms with E-state index in [2.05, 4.69) is 10.1 Å². The van der Waals surface area contributed by atoms with Gasteiger partial charge in [-0.15, -0.1) is 0 Å². The summed E-state index contributed by atoms with van der Waals surface area (Å²) in [6.07, 6.45) is -1.21. The smallest absolute Gasteiger partial charge is 0.433 e. The van der Waals surface area contributed by atoms with E-state index in [1.54, 1.807) is 0 Å². The lowest BCUT2D eigenvalue weighted by atomic mass is 9.86. The average molecular weight is 599 g/mol. The number of carbonyl (C=O) groups is 3. The van der Waals surface area contributed by atoms with Crippen LogP contribution in [0.5, 0.6) is 5.75 Å². The second-order valence-corrected chi connectivity index (χ2v) is 10.2. The quantitative estimate of drug-likeness (QED) is 0.321. The summed E-state index contributed by atoms with van der Waals surface area (Å²) in [5.74, 6) is -3.67. The van der Waals surface area contributed by atoms with E-state index in [9.17, 15) is 37.8 Å². The van der Waals surface area contributed by atoms with Crippen LogP contribution < -0.4 is 0 Å². The molecule has 2 N–H and O–H groups in total. The van der Waals surface area contributed by atoms with Crippen LogP contribution in [-0.4, -0.2) is 54.1 Å². The zero-order valence-corrected chi connectivity index (χ0v) is 22.2. The van der Waals surface area contributed by atoms with Crippen LogP contribution in [0.1, 0.15) is 63.7 Å². The number of Topliss-reactive ketones (excluding diaryl/α,β-unsaturated/α-hetero) is 1. The molecule has 0 unspecified atom stereocenters. The third-order valence-electron chi connectivity index (χ3n) is 6.72. The Hall–Kier alpha value is -3.64. The van der Waals surface area contributed by atoms with Crippen LogP contribution in [-0.2, 0) is 17.5 Å². The molecule has 1 saturated carbocycles. The van der Waals surface area contributed by atoms with Crippen molar-refractivity contribution in [3.05, 3.63) is 75.3 Å². The lowest BCUT2D eigenvalue weighted by molar-refractivity contribution is -0.147. The van der Waals surface area contributed by atoms with Crippen molar-refractivity contribution in [3.63, 3.8) is 0 Å². The summed E-state index contributed by atoms with van der Waals surface area (Å²) in [5.41, 5.74) is -1.85. The van der Waals surface area contributed by atoms with Gasteiger partial charge in [-0.2, -0.15) is 18.3 Å². The van der Waals surface area contributed by atoms with Gasteiger partial charge in [-0.05, 0) is 43.4 Å². The number of carbonyl (C=O) groups excluding carboxylic acids is 2. The van der Waals surface area contributed by atoms with E-state index in [0.717, 1.165) is 15.8 Å². The number of halogens is 5. The van der Waals surface area contributed by atoms with Gasteiger partial charge in [0.25, 0.3) is 5.91 Å². The molecular weight excluding hydrogens is 576 g/mol. The second kappa shape index (κ2) is 11.8. The summed E-state index contributed by atoms with van der Waals surface area (Å²) >= 11 is 12.2. The van der Waals surface area contributed by atoms with Crippen molar-refractivity contribution in [1.29, 1.82) is 0 Å². The number of aromatic nitrogens is 3. The zero-order valence-electron chi connectivity index (χ0n) is 20.7. The Labute approximate surface area is 236 Å². The molecule has 2 aromatic heterocycles. The number of aromatic hydroxyl groups is 1. The molecule has 9 nitrogen and oxygen atoms in total. The van der Waals surface area contributed by atoms with Crippen molar-refractivity contribution in [3.8, 4) is 5.75 Å². The van der Waals surface area contributed by atoms with Crippen LogP contribution in [0.15, 0.2) is 42.9 Å². The maximum absolute atomic E-state index is 14.4. The van der Waals surface area contributed by atoms with Gasteiger partial charge in [0.2, 0.25) is 0 Å². The Bertz CT molecular complexity index is 1420. The number of phenols is 1. The van der Waals surface area contributed by atoms with Crippen LogP contribution in [0.2, 0.25) is 10.0 Å². The summed E-state index contributed by atoms with van der Waals surface area (Å²) in [4.78, 5) is 42.8. The molecule has 0 spiro atoms. The molecule has 212 valence electrons. The topological polar surface area (TPSA) is 126 Å². The number of carboxylic acid groups (broad SMARTS) is 1. The first kappa shape index (κ1) is 29.3. The van der Waals surface area contributed by atoms with Gasteiger partial charge in [0.15, 0.2) is 11.5 Å². The highest BCUT2D eigenvalue weighted by atomic mass is 35.5. The highest BCUT2D eigenvalue weighted by Crippen LogP contribution is 2.39. The van der Waals surface area contributed by atoms with Gasteiger partial charge >= 0.3 is 12.1 Å². The van der Waals surface area contributed by atoms with Crippen LogP contribution in [0, 0.1) is 5.92 Å². The van der Waals surface area contributed by atoms with Crippen molar-refractivity contribution in [2.24, 2.45) is 5.92 Å². The minimum atomic E-state index is -4.98. The molecule has 4 rings (SSSR count). The maximum atomic E-state index is 14.4. The minimum Gasteiger partial charge on any atom is -0.508 e. The summed E-state index contributed by atoms with van der Waals surface area (Å²) in [7, 11) is 0. The Balaban J connectivity index is 1.71. The van der Waals surface area contributed by atoms with E-state index in [1.807, 2.05) is 0 Å². The van der Waals surface area contributed by atoms with Crippen molar-refractivity contribution in [2.45, 2.75) is 44.4 Å². The molecule has 14 heteroatoms. The third kappa shape index (κ3) is 6.39. The number of phenolic OH excluding ortho intramolecular Hbond substituents is 1.